The first-order valence-electron chi connectivity index (χ1n) is 4.89. The molecule has 4 heteroatoms. The number of aromatic nitrogens is 1. The average Bonchev–Trinajstić information content (AvgIpc) is 2.65. The summed E-state index contributed by atoms with van der Waals surface area (Å²) in [6.07, 6.45) is 3.76. The summed E-state index contributed by atoms with van der Waals surface area (Å²) in [4.78, 5) is 13.8. The molecule has 1 fully saturated rings. The van der Waals surface area contributed by atoms with Crippen molar-refractivity contribution in [3.63, 3.8) is 0 Å². The van der Waals surface area contributed by atoms with Crippen molar-refractivity contribution in [3.05, 3.63) is 24.0 Å². The Hall–Kier alpha value is -1.29. The maximum Gasteiger partial charge on any atom is 0.255 e. The molecular formula is C10H15N3O. The fourth-order valence-corrected chi connectivity index (χ4v) is 1.68. The molecule has 0 unspecified atom stereocenters. The van der Waals surface area contributed by atoms with Crippen LogP contribution < -0.4 is 5.32 Å². The fourth-order valence-electron chi connectivity index (χ4n) is 1.68. The maximum absolute atomic E-state index is 11.9. The van der Waals surface area contributed by atoms with E-state index in [4.69, 9.17) is 0 Å². The molecule has 0 aliphatic carbocycles. The monoisotopic (exact) mass is 193 g/mol. The highest BCUT2D eigenvalue weighted by Crippen LogP contribution is 2.05. The molecule has 1 aliphatic heterocycles. The summed E-state index contributed by atoms with van der Waals surface area (Å²) < 4.78 is 1.90. The molecule has 1 amide bonds. The number of nitrogens with zero attached hydrogens (tertiary/aromatic N) is 2. The quantitative estimate of drug-likeness (QED) is 0.685. The second-order valence-electron chi connectivity index (χ2n) is 3.61. The molecule has 1 saturated heterocycles. The molecule has 2 heterocycles. The summed E-state index contributed by atoms with van der Waals surface area (Å²) in [5.74, 6) is 0.145. The van der Waals surface area contributed by atoms with Crippen LogP contribution in [0.3, 0.4) is 0 Å². The Bertz CT molecular complexity index is 326. The highest BCUT2D eigenvalue weighted by Gasteiger charge is 2.17. The van der Waals surface area contributed by atoms with Gasteiger partial charge in [-0.1, -0.05) is 0 Å². The molecule has 14 heavy (non-hydrogen) atoms. The van der Waals surface area contributed by atoms with Crippen LogP contribution in [0.5, 0.6) is 0 Å². The van der Waals surface area contributed by atoms with Gasteiger partial charge in [0.1, 0.15) is 0 Å². The number of hydrogen-bond donors (Lipinski definition) is 1. The fraction of sp³-hybridized carbons (Fsp3) is 0.500. The zero-order valence-corrected chi connectivity index (χ0v) is 8.36. The molecule has 0 bridgehead atoms. The molecule has 0 aromatic carbocycles. The van der Waals surface area contributed by atoms with E-state index >= 15 is 0 Å². The molecule has 0 saturated carbocycles. The Labute approximate surface area is 83.5 Å². The third-order valence-corrected chi connectivity index (χ3v) is 2.48. The maximum atomic E-state index is 11.9. The van der Waals surface area contributed by atoms with Gasteiger partial charge in [0.15, 0.2) is 0 Å². The lowest BCUT2D eigenvalue weighted by Crippen LogP contribution is -2.46. The molecule has 1 aliphatic rings. The van der Waals surface area contributed by atoms with Gasteiger partial charge in [0.2, 0.25) is 0 Å². The molecule has 4 nitrogen and oxygen atoms in total. The smallest absolute Gasteiger partial charge is 0.255 e. The van der Waals surface area contributed by atoms with Crippen molar-refractivity contribution in [2.45, 2.75) is 0 Å². The molecule has 0 radical (unpaired) electrons. The van der Waals surface area contributed by atoms with E-state index < -0.39 is 0 Å². The summed E-state index contributed by atoms with van der Waals surface area (Å²) in [6, 6.07) is 1.87. The van der Waals surface area contributed by atoms with Gasteiger partial charge in [-0.25, -0.2) is 0 Å². The number of aryl methyl sites for hydroxylation is 1. The third kappa shape index (κ3) is 1.80. The Kier molecular flexibility index (Phi) is 2.54. The van der Waals surface area contributed by atoms with Crippen LogP contribution in [0.4, 0.5) is 0 Å². The van der Waals surface area contributed by atoms with Gasteiger partial charge in [-0.3, -0.25) is 4.79 Å². The largest absolute Gasteiger partial charge is 0.356 e. The number of nitrogens with one attached hydrogen (secondary N) is 1. The zero-order valence-electron chi connectivity index (χ0n) is 8.36. The topological polar surface area (TPSA) is 37.3 Å². The number of hydrogen-bond acceptors (Lipinski definition) is 2. The number of rotatable bonds is 1. The van der Waals surface area contributed by atoms with Crippen molar-refractivity contribution in [2.75, 3.05) is 26.2 Å². The van der Waals surface area contributed by atoms with Crippen molar-refractivity contribution >= 4 is 5.91 Å². The summed E-state index contributed by atoms with van der Waals surface area (Å²) in [6.45, 7) is 3.43. The lowest BCUT2D eigenvalue weighted by atomic mass is 10.2. The van der Waals surface area contributed by atoms with Crippen LogP contribution in [0.2, 0.25) is 0 Å². The van der Waals surface area contributed by atoms with Crippen molar-refractivity contribution in [1.29, 1.82) is 0 Å². The molecule has 1 aromatic heterocycles. The van der Waals surface area contributed by atoms with Gasteiger partial charge in [0.25, 0.3) is 5.91 Å². The first kappa shape index (κ1) is 9.27. The molecule has 1 aromatic rings. The van der Waals surface area contributed by atoms with Gasteiger partial charge >= 0.3 is 0 Å². The predicted octanol–water partition coefficient (Wildman–Crippen LogP) is 0.0705. The summed E-state index contributed by atoms with van der Waals surface area (Å²) in [7, 11) is 1.93. The Morgan fingerprint density at radius 2 is 2.14 bits per heavy atom. The van der Waals surface area contributed by atoms with Crippen LogP contribution in [0.25, 0.3) is 0 Å². The first-order chi connectivity index (χ1) is 6.77. The SMILES string of the molecule is Cn1ccc(C(=O)N2CCNCC2)c1. The van der Waals surface area contributed by atoms with Crippen LogP contribution in [0, 0.1) is 0 Å². The van der Waals surface area contributed by atoms with Crippen LogP contribution in [-0.4, -0.2) is 41.6 Å². The van der Waals surface area contributed by atoms with E-state index in [-0.39, 0.29) is 5.91 Å². The van der Waals surface area contributed by atoms with E-state index in [9.17, 15) is 4.79 Å². The molecule has 2 rings (SSSR count). The predicted molar refractivity (Wildman–Crippen MR) is 54.2 cm³/mol. The normalized spacial score (nSPS) is 17.1. The Morgan fingerprint density at radius 1 is 1.43 bits per heavy atom. The second kappa shape index (κ2) is 3.84. The first-order valence-corrected chi connectivity index (χ1v) is 4.89. The minimum atomic E-state index is 0.145. The molecule has 0 spiro atoms. The van der Waals surface area contributed by atoms with Gasteiger partial charge in [-0.05, 0) is 6.07 Å². The average molecular weight is 193 g/mol. The summed E-state index contributed by atoms with van der Waals surface area (Å²) in [5.41, 5.74) is 0.786. The number of amides is 1. The Balaban J connectivity index is 2.07. The van der Waals surface area contributed by atoms with E-state index in [2.05, 4.69) is 5.32 Å². The highest BCUT2D eigenvalue weighted by molar-refractivity contribution is 5.94. The molecule has 76 valence electrons. The number of carbonyl (C=O) groups excluding carboxylic acids is 1. The molecule has 1 N–H and O–H groups in total. The van der Waals surface area contributed by atoms with Crippen LogP contribution in [-0.2, 0) is 7.05 Å². The van der Waals surface area contributed by atoms with Crippen molar-refractivity contribution in [3.8, 4) is 0 Å². The van der Waals surface area contributed by atoms with Gasteiger partial charge in [-0.15, -0.1) is 0 Å². The van der Waals surface area contributed by atoms with Gasteiger partial charge in [-0.2, -0.15) is 0 Å². The number of carbonyl (C=O) groups is 1. The lowest BCUT2D eigenvalue weighted by molar-refractivity contribution is 0.0736. The van der Waals surface area contributed by atoms with Crippen molar-refractivity contribution < 1.29 is 4.79 Å². The van der Waals surface area contributed by atoms with E-state index in [1.807, 2.05) is 35.0 Å². The second-order valence-corrected chi connectivity index (χ2v) is 3.61. The van der Waals surface area contributed by atoms with Gasteiger partial charge in [0.05, 0.1) is 5.56 Å². The van der Waals surface area contributed by atoms with Crippen molar-refractivity contribution in [2.24, 2.45) is 7.05 Å². The summed E-state index contributed by atoms with van der Waals surface area (Å²) >= 11 is 0. The van der Waals surface area contributed by atoms with E-state index in [0.717, 1.165) is 31.7 Å². The van der Waals surface area contributed by atoms with Gasteiger partial charge in [0, 0.05) is 45.6 Å². The zero-order chi connectivity index (χ0) is 9.97. The van der Waals surface area contributed by atoms with E-state index in [1.165, 1.54) is 0 Å². The summed E-state index contributed by atoms with van der Waals surface area (Å²) in [5, 5.41) is 3.23. The highest BCUT2D eigenvalue weighted by atomic mass is 16.2. The minimum absolute atomic E-state index is 0.145. The molecule has 0 atom stereocenters. The van der Waals surface area contributed by atoms with Crippen LogP contribution >= 0.6 is 0 Å². The van der Waals surface area contributed by atoms with Crippen molar-refractivity contribution in [1.82, 2.24) is 14.8 Å². The van der Waals surface area contributed by atoms with E-state index in [1.54, 1.807) is 0 Å². The molecular weight excluding hydrogens is 178 g/mol. The minimum Gasteiger partial charge on any atom is -0.356 e. The third-order valence-electron chi connectivity index (χ3n) is 2.48. The van der Waals surface area contributed by atoms with Crippen LogP contribution in [0.15, 0.2) is 18.5 Å². The Morgan fingerprint density at radius 3 is 2.71 bits per heavy atom. The number of piperazine rings is 1. The lowest BCUT2D eigenvalue weighted by Gasteiger charge is -2.27. The van der Waals surface area contributed by atoms with E-state index in [0.29, 0.717) is 0 Å². The van der Waals surface area contributed by atoms with Crippen LogP contribution in [0.1, 0.15) is 10.4 Å². The standard InChI is InChI=1S/C10H15N3O/c1-12-5-2-9(8-12)10(14)13-6-3-11-4-7-13/h2,5,8,11H,3-4,6-7H2,1H3. The van der Waals surface area contributed by atoms with Gasteiger partial charge < -0.3 is 14.8 Å².